The van der Waals surface area contributed by atoms with Crippen LogP contribution >= 0.6 is 0 Å². The van der Waals surface area contributed by atoms with Crippen molar-refractivity contribution in [1.29, 1.82) is 0 Å². The molecule has 0 saturated carbocycles. The Hall–Kier alpha value is -0.747. The van der Waals surface area contributed by atoms with Gasteiger partial charge in [0.05, 0.1) is 0 Å². The first-order chi connectivity index (χ1) is 10.9. The zero-order valence-corrected chi connectivity index (χ0v) is 17.6. The summed E-state index contributed by atoms with van der Waals surface area (Å²) in [5.74, 6) is 0. The van der Waals surface area contributed by atoms with Gasteiger partial charge >= 0.3 is 144 Å². The van der Waals surface area contributed by atoms with E-state index in [4.69, 9.17) is 0 Å². The van der Waals surface area contributed by atoms with E-state index < -0.39 is 22.8 Å². The predicted molar refractivity (Wildman–Crippen MR) is 91.8 cm³/mol. The van der Waals surface area contributed by atoms with Crippen LogP contribution in [0.15, 0.2) is 60.7 Å². The maximum absolute atomic E-state index is 2.60. The number of benzene rings is 2. The molecule has 24 heavy (non-hydrogen) atoms. The van der Waals surface area contributed by atoms with Gasteiger partial charge in [-0.05, 0) is 0 Å². The van der Waals surface area contributed by atoms with Crippen LogP contribution in [0.25, 0.3) is 16.7 Å². The van der Waals surface area contributed by atoms with E-state index in [1.165, 1.54) is 28.7 Å². The summed E-state index contributed by atoms with van der Waals surface area (Å²) >= 11 is -0.561. The van der Waals surface area contributed by atoms with Gasteiger partial charge in [0.2, 0.25) is 0 Å². The summed E-state index contributed by atoms with van der Waals surface area (Å²) in [5, 5.41) is 0. The van der Waals surface area contributed by atoms with E-state index in [0.29, 0.717) is 3.63 Å². The molecule has 2 aliphatic carbocycles. The molecule has 0 amide bonds. The Balaban J connectivity index is 0.00000104. The van der Waals surface area contributed by atoms with Crippen LogP contribution in [0.5, 0.6) is 0 Å². The van der Waals surface area contributed by atoms with Gasteiger partial charge in [0, 0.05) is 0 Å². The van der Waals surface area contributed by atoms with Gasteiger partial charge in [0.25, 0.3) is 0 Å². The van der Waals surface area contributed by atoms with Crippen molar-refractivity contribution in [1.82, 2.24) is 0 Å². The summed E-state index contributed by atoms with van der Waals surface area (Å²) in [4.78, 5) is 0. The molecule has 2 aromatic carbocycles. The van der Waals surface area contributed by atoms with Gasteiger partial charge in [-0.2, -0.15) is 0 Å². The van der Waals surface area contributed by atoms with Gasteiger partial charge in [-0.1, -0.05) is 0 Å². The largest absolute Gasteiger partial charge is 1.00 e. The van der Waals surface area contributed by atoms with E-state index in [1.807, 2.05) is 0 Å². The molecule has 0 spiro atoms. The van der Waals surface area contributed by atoms with E-state index in [9.17, 15) is 0 Å². The van der Waals surface area contributed by atoms with E-state index >= 15 is 0 Å². The molecule has 4 rings (SSSR count). The van der Waals surface area contributed by atoms with Gasteiger partial charge < -0.3 is 24.8 Å². The molecule has 0 nitrogen and oxygen atoms in total. The molecular weight excluding hydrogens is 414 g/mol. The molecule has 0 saturated heterocycles. The third-order valence-electron chi connectivity index (χ3n) is 4.56. The summed E-state index contributed by atoms with van der Waals surface area (Å²) in [5.41, 5.74) is 9.14. The molecule has 0 bridgehead atoms. The summed E-state index contributed by atoms with van der Waals surface area (Å²) in [7, 11) is 0. The maximum Gasteiger partial charge on any atom is -1.00 e. The Morgan fingerprint density at radius 2 is 1.75 bits per heavy atom. The summed E-state index contributed by atoms with van der Waals surface area (Å²) < 4.78 is 3.28. The van der Waals surface area contributed by atoms with Gasteiger partial charge in [-0.3, -0.25) is 0 Å². The first-order valence-electron chi connectivity index (χ1n) is 8.06. The molecule has 0 heterocycles. The number of fused-ring (bicyclic) bond motifs is 3. The van der Waals surface area contributed by atoms with Crippen LogP contribution in [0.3, 0.4) is 0 Å². The van der Waals surface area contributed by atoms with Crippen molar-refractivity contribution in [2.75, 3.05) is 0 Å². The Morgan fingerprint density at radius 1 is 1.00 bits per heavy atom. The van der Waals surface area contributed by atoms with Crippen molar-refractivity contribution in [2.24, 2.45) is 0 Å². The topological polar surface area (TPSA) is 0 Å². The smallest absolute Gasteiger partial charge is 1.00 e. The van der Waals surface area contributed by atoms with Crippen molar-refractivity contribution in [3.63, 3.8) is 0 Å². The monoisotopic (exact) mass is 431 g/mol. The van der Waals surface area contributed by atoms with Crippen LogP contribution < -0.4 is 24.8 Å². The zero-order chi connectivity index (χ0) is 14.9. The maximum atomic E-state index is 2.60. The van der Waals surface area contributed by atoms with Crippen LogP contribution in [0, 0.1) is 0 Å². The van der Waals surface area contributed by atoms with Crippen molar-refractivity contribution in [2.45, 2.75) is 23.4 Å². The summed E-state index contributed by atoms with van der Waals surface area (Å²) in [6.45, 7) is 2.28. The normalized spacial score (nSPS) is 16.7. The minimum Gasteiger partial charge on any atom is -1.00 e. The molecule has 0 aromatic heterocycles. The second-order valence-electron chi connectivity index (χ2n) is 5.89. The van der Waals surface area contributed by atoms with E-state index in [0.717, 1.165) is 6.42 Å². The molecule has 2 aromatic rings. The van der Waals surface area contributed by atoms with E-state index in [1.54, 1.807) is 11.1 Å². The van der Waals surface area contributed by atoms with Crippen molar-refractivity contribution in [3.05, 3.63) is 77.4 Å². The molecular formula is C21H19Cl2Zr. The fourth-order valence-electron chi connectivity index (χ4n) is 3.60. The third-order valence-corrected chi connectivity index (χ3v) is 8.44. The second-order valence-corrected chi connectivity index (χ2v) is 9.13. The van der Waals surface area contributed by atoms with Crippen LogP contribution in [0.1, 0.15) is 40.1 Å². The average molecular weight is 434 g/mol. The Kier molecular flexibility index (Phi) is 6.99. The fourth-order valence-corrected chi connectivity index (χ4v) is 6.99. The molecule has 121 valence electrons. The van der Waals surface area contributed by atoms with Crippen LogP contribution in [0.2, 0.25) is 0 Å². The third kappa shape index (κ3) is 3.32. The molecule has 1 unspecified atom stereocenters. The second kappa shape index (κ2) is 8.57. The molecule has 1 atom stereocenters. The first kappa shape index (κ1) is 19.6. The summed E-state index contributed by atoms with van der Waals surface area (Å²) in [6, 6.07) is 16.0. The molecule has 0 N–H and O–H groups in total. The molecule has 0 radical (unpaired) electrons. The molecule has 0 fully saturated rings. The van der Waals surface area contributed by atoms with Gasteiger partial charge in [0.1, 0.15) is 0 Å². The van der Waals surface area contributed by atoms with Gasteiger partial charge in [-0.15, -0.1) is 0 Å². The Labute approximate surface area is 167 Å². The Bertz CT molecular complexity index is 818. The predicted octanol–water partition coefficient (Wildman–Crippen LogP) is -0.598. The van der Waals surface area contributed by atoms with Crippen molar-refractivity contribution >= 4 is 9.28 Å². The number of rotatable bonds is 3. The number of allylic oxidation sites excluding steroid dienone is 4. The quantitative estimate of drug-likeness (QED) is 0.607. The van der Waals surface area contributed by atoms with E-state index in [-0.39, 0.29) is 24.8 Å². The number of hydrogen-bond donors (Lipinski definition) is 0. The van der Waals surface area contributed by atoms with Crippen molar-refractivity contribution < 1.29 is 47.6 Å². The molecule has 3 heteroatoms. The van der Waals surface area contributed by atoms with Crippen LogP contribution in [0.4, 0.5) is 0 Å². The molecule has 0 aliphatic heterocycles. The fraction of sp³-hybridized carbons (Fsp3) is 0.190. The average Bonchev–Trinajstić information content (AvgIpc) is 3.19. The first-order valence-corrected chi connectivity index (χ1v) is 10.9. The number of hydrogen-bond acceptors (Lipinski definition) is 0. The van der Waals surface area contributed by atoms with E-state index in [2.05, 4.69) is 71.3 Å². The van der Waals surface area contributed by atoms with Crippen LogP contribution in [-0.2, 0) is 22.8 Å². The van der Waals surface area contributed by atoms with Gasteiger partial charge in [-0.25, -0.2) is 0 Å². The SMILES string of the molecule is CC[CH]=[Zr+2][CH]1c2ccccc2-c2cccc(C3=CC=CC3)c21.[Cl-].[Cl-]. The molecule has 2 aliphatic rings. The standard InChI is InChI=1S/C18H13.C3H6.2ClH.Zr/c1-2-7-13(6-1)15-10-5-11-17-16-9-4-3-8-14(16)12-18(15)17;1-3-2;;;/h1-6,8-12H,7H2;1H,3H2,2H3;2*1H;/q;;;;+2/p-2. The Morgan fingerprint density at radius 3 is 2.50 bits per heavy atom. The summed E-state index contributed by atoms with van der Waals surface area (Å²) in [6.07, 6.45) is 9.06. The minimum absolute atomic E-state index is 0. The number of halogens is 2. The minimum atomic E-state index is -0.561. The van der Waals surface area contributed by atoms with Crippen molar-refractivity contribution in [3.8, 4) is 11.1 Å². The van der Waals surface area contributed by atoms with Gasteiger partial charge in [0.15, 0.2) is 0 Å². The zero-order valence-electron chi connectivity index (χ0n) is 13.6. The van der Waals surface area contributed by atoms with Crippen LogP contribution in [-0.4, -0.2) is 3.71 Å².